The van der Waals surface area contributed by atoms with Crippen LogP contribution in [0.25, 0.3) is 0 Å². The number of ether oxygens (including phenoxy) is 1. The predicted octanol–water partition coefficient (Wildman–Crippen LogP) is 5.18. The summed E-state index contributed by atoms with van der Waals surface area (Å²) in [6.45, 7) is 1.99. The van der Waals surface area contributed by atoms with Gasteiger partial charge >= 0.3 is 0 Å². The molecule has 0 aliphatic rings. The van der Waals surface area contributed by atoms with Crippen molar-refractivity contribution in [1.29, 1.82) is 0 Å². The Bertz CT molecular complexity index is 619. The molecule has 0 amide bonds. The van der Waals surface area contributed by atoms with Gasteiger partial charge in [-0.25, -0.2) is 0 Å². The number of halogens is 2. The summed E-state index contributed by atoms with van der Waals surface area (Å²) >= 11 is 13.7. The van der Waals surface area contributed by atoms with Gasteiger partial charge in [-0.1, -0.05) is 35.3 Å². The average Bonchev–Trinajstić information content (AvgIpc) is 2.48. The van der Waals surface area contributed by atoms with E-state index in [1.54, 1.807) is 24.9 Å². The third-order valence-corrected chi connectivity index (χ3v) is 5.27. The van der Waals surface area contributed by atoms with Gasteiger partial charge in [-0.15, -0.1) is 11.8 Å². The molecule has 5 heteroatoms. The highest BCUT2D eigenvalue weighted by Gasteiger charge is 2.18. The number of methoxy groups -OCH3 is 1. The minimum atomic E-state index is -0.0171. The molecule has 0 saturated carbocycles. The molecule has 0 fully saturated rings. The van der Waals surface area contributed by atoms with Gasteiger partial charge in [0.15, 0.2) is 0 Å². The molecule has 0 heterocycles. The SMILES string of the molecule is COc1cccc(C(Sc2ccc(Cl)c(Cl)c2)C(C)N)c1. The Kier molecular flexibility index (Phi) is 5.82. The molecule has 0 aliphatic heterocycles. The van der Waals surface area contributed by atoms with Gasteiger partial charge in [0.05, 0.1) is 17.2 Å². The van der Waals surface area contributed by atoms with Crippen LogP contribution in [0.1, 0.15) is 17.7 Å². The van der Waals surface area contributed by atoms with Crippen LogP contribution in [0.15, 0.2) is 47.4 Å². The van der Waals surface area contributed by atoms with E-state index in [-0.39, 0.29) is 11.3 Å². The van der Waals surface area contributed by atoms with E-state index in [9.17, 15) is 0 Å². The van der Waals surface area contributed by atoms with Gasteiger partial charge in [-0.2, -0.15) is 0 Å². The van der Waals surface area contributed by atoms with Crippen molar-refractivity contribution in [1.82, 2.24) is 0 Å². The van der Waals surface area contributed by atoms with Crippen molar-refractivity contribution in [3.63, 3.8) is 0 Å². The van der Waals surface area contributed by atoms with E-state index in [1.807, 2.05) is 37.3 Å². The molecule has 2 unspecified atom stereocenters. The zero-order valence-corrected chi connectivity index (χ0v) is 14.2. The summed E-state index contributed by atoms with van der Waals surface area (Å²) < 4.78 is 5.28. The first-order chi connectivity index (χ1) is 10.0. The average molecular weight is 342 g/mol. The summed E-state index contributed by atoms with van der Waals surface area (Å²) in [4.78, 5) is 1.04. The lowest BCUT2D eigenvalue weighted by atomic mass is 10.1. The fourth-order valence-corrected chi connectivity index (χ4v) is 3.48. The Morgan fingerprint density at radius 2 is 1.86 bits per heavy atom. The van der Waals surface area contributed by atoms with Gasteiger partial charge in [0, 0.05) is 16.2 Å². The van der Waals surface area contributed by atoms with Crippen molar-refractivity contribution in [3.05, 3.63) is 58.1 Å². The molecule has 0 aromatic heterocycles. The number of thioether (sulfide) groups is 1. The molecular weight excluding hydrogens is 325 g/mol. The van der Waals surface area contributed by atoms with Gasteiger partial charge in [0.25, 0.3) is 0 Å². The second kappa shape index (κ2) is 7.41. The Morgan fingerprint density at radius 1 is 1.10 bits per heavy atom. The van der Waals surface area contributed by atoms with Crippen LogP contribution in [0.3, 0.4) is 0 Å². The number of hydrogen-bond acceptors (Lipinski definition) is 3. The molecule has 2 N–H and O–H groups in total. The first-order valence-electron chi connectivity index (χ1n) is 6.52. The van der Waals surface area contributed by atoms with Crippen LogP contribution in [0.2, 0.25) is 10.0 Å². The van der Waals surface area contributed by atoms with E-state index in [0.717, 1.165) is 16.2 Å². The molecule has 2 nitrogen and oxygen atoms in total. The van der Waals surface area contributed by atoms with Gasteiger partial charge in [-0.05, 0) is 42.8 Å². The van der Waals surface area contributed by atoms with E-state index < -0.39 is 0 Å². The van der Waals surface area contributed by atoms with Crippen LogP contribution >= 0.6 is 35.0 Å². The normalized spacial score (nSPS) is 13.8. The van der Waals surface area contributed by atoms with E-state index in [1.165, 1.54) is 0 Å². The Morgan fingerprint density at radius 3 is 2.48 bits per heavy atom. The lowest BCUT2D eigenvalue weighted by Crippen LogP contribution is -2.22. The standard InChI is InChI=1S/C16H17Cl2NOS/c1-10(19)16(11-4-3-5-12(8-11)20-2)21-13-6-7-14(17)15(18)9-13/h3-10,16H,19H2,1-2H3. The molecule has 0 saturated heterocycles. The van der Waals surface area contributed by atoms with Crippen LogP contribution in [0.4, 0.5) is 0 Å². The summed E-state index contributed by atoms with van der Waals surface area (Å²) in [6.07, 6.45) is 0. The van der Waals surface area contributed by atoms with Gasteiger partial charge in [0.2, 0.25) is 0 Å². The zero-order valence-electron chi connectivity index (χ0n) is 11.8. The molecule has 112 valence electrons. The largest absolute Gasteiger partial charge is 0.497 e. The van der Waals surface area contributed by atoms with Gasteiger partial charge in [0.1, 0.15) is 5.75 Å². The Hall–Kier alpha value is -0.870. The molecule has 2 rings (SSSR count). The highest BCUT2D eigenvalue weighted by atomic mass is 35.5. The number of hydrogen-bond donors (Lipinski definition) is 1. The maximum absolute atomic E-state index is 6.16. The molecule has 21 heavy (non-hydrogen) atoms. The molecule has 0 bridgehead atoms. The predicted molar refractivity (Wildman–Crippen MR) is 91.7 cm³/mol. The van der Waals surface area contributed by atoms with E-state index in [4.69, 9.17) is 33.7 Å². The van der Waals surface area contributed by atoms with E-state index in [2.05, 4.69) is 6.07 Å². The number of rotatable bonds is 5. The minimum absolute atomic E-state index is 0.0171. The second-order valence-electron chi connectivity index (χ2n) is 4.75. The van der Waals surface area contributed by atoms with Crippen molar-refractivity contribution in [2.45, 2.75) is 23.1 Å². The second-order valence-corrected chi connectivity index (χ2v) is 6.78. The molecule has 2 aromatic carbocycles. The smallest absolute Gasteiger partial charge is 0.119 e. The Balaban J connectivity index is 2.28. The quantitative estimate of drug-likeness (QED) is 0.760. The van der Waals surface area contributed by atoms with Crippen molar-refractivity contribution in [2.24, 2.45) is 5.73 Å². The van der Waals surface area contributed by atoms with Crippen molar-refractivity contribution in [2.75, 3.05) is 7.11 Å². The molecule has 0 aliphatic carbocycles. The van der Waals surface area contributed by atoms with Crippen LogP contribution in [0, 0.1) is 0 Å². The molecule has 0 radical (unpaired) electrons. The van der Waals surface area contributed by atoms with Gasteiger partial charge < -0.3 is 10.5 Å². The fourth-order valence-electron chi connectivity index (χ4n) is 1.99. The molecule has 0 spiro atoms. The summed E-state index contributed by atoms with van der Waals surface area (Å²) in [6, 6.07) is 13.6. The lowest BCUT2D eigenvalue weighted by molar-refractivity contribution is 0.414. The lowest BCUT2D eigenvalue weighted by Gasteiger charge is -2.21. The maximum atomic E-state index is 6.16. The van der Waals surface area contributed by atoms with E-state index in [0.29, 0.717) is 10.0 Å². The summed E-state index contributed by atoms with van der Waals surface area (Å²) in [5.74, 6) is 0.827. The first kappa shape index (κ1) is 16.5. The summed E-state index contributed by atoms with van der Waals surface area (Å²) in [5, 5.41) is 1.22. The first-order valence-corrected chi connectivity index (χ1v) is 8.16. The van der Waals surface area contributed by atoms with E-state index >= 15 is 0 Å². The molecule has 2 atom stereocenters. The Labute approximate surface area is 139 Å². The fraction of sp³-hybridized carbons (Fsp3) is 0.250. The van der Waals surface area contributed by atoms with Crippen LogP contribution in [0.5, 0.6) is 5.75 Å². The monoisotopic (exact) mass is 341 g/mol. The zero-order chi connectivity index (χ0) is 15.4. The van der Waals surface area contributed by atoms with Gasteiger partial charge in [-0.3, -0.25) is 0 Å². The maximum Gasteiger partial charge on any atom is 0.119 e. The number of benzene rings is 2. The highest BCUT2D eigenvalue weighted by molar-refractivity contribution is 7.99. The summed E-state index contributed by atoms with van der Waals surface area (Å²) in [7, 11) is 1.66. The molecular formula is C16H17Cl2NOS. The van der Waals surface area contributed by atoms with Crippen LogP contribution < -0.4 is 10.5 Å². The van der Waals surface area contributed by atoms with Crippen molar-refractivity contribution >= 4 is 35.0 Å². The third-order valence-electron chi connectivity index (χ3n) is 3.05. The van der Waals surface area contributed by atoms with Crippen LogP contribution in [-0.2, 0) is 0 Å². The van der Waals surface area contributed by atoms with Crippen molar-refractivity contribution < 1.29 is 4.74 Å². The summed E-state index contributed by atoms with van der Waals surface area (Å²) in [5.41, 5.74) is 7.28. The minimum Gasteiger partial charge on any atom is -0.497 e. The topological polar surface area (TPSA) is 35.2 Å². The van der Waals surface area contributed by atoms with Crippen LogP contribution in [-0.4, -0.2) is 13.2 Å². The third kappa shape index (κ3) is 4.30. The number of nitrogens with two attached hydrogens (primary N) is 1. The molecule has 2 aromatic rings. The highest BCUT2D eigenvalue weighted by Crippen LogP contribution is 2.39. The van der Waals surface area contributed by atoms with Crippen molar-refractivity contribution in [3.8, 4) is 5.75 Å².